The Kier molecular flexibility index (Phi) is 4.40. The van der Waals surface area contributed by atoms with Crippen molar-refractivity contribution in [2.75, 3.05) is 12.9 Å². The molecule has 0 aliphatic heterocycles. The predicted octanol–water partition coefficient (Wildman–Crippen LogP) is 1.28. The van der Waals surface area contributed by atoms with Gasteiger partial charge < -0.3 is 0 Å². The van der Waals surface area contributed by atoms with Gasteiger partial charge in [0.05, 0.1) is 23.7 Å². The molecule has 88 valence electrons. The summed E-state index contributed by atoms with van der Waals surface area (Å²) in [5, 5.41) is 0. The Balaban J connectivity index is 2.66. The lowest BCUT2D eigenvalue weighted by atomic mass is 10.4. The topological polar surface area (TPSA) is 60.4 Å². The minimum atomic E-state index is -3.53. The van der Waals surface area contributed by atoms with Crippen LogP contribution in [-0.2, 0) is 25.1 Å². The second-order valence-corrected chi connectivity index (χ2v) is 6.32. The van der Waals surface area contributed by atoms with Crippen LogP contribution in [0.4, 0.5) is 0 Å². The highest BCUT2D eigenvalue weighted by Gasteiger charge is 2.10. The molecule has 0 aliphatic rings. The average Bonchev–Trinajstić information content (AvgIpc) is 2.25. The monoisotopic (exact) mass is 260 g/mol. The molecule has 0 unspecified atom stereocenters. The molecule has 4 nitrogen and oxygen atoms in total. The molecule has 0 aliphatic carbocycles. The fourth-order valence-electron chi connectivity index (χ4n) is 0.937. The summed E-state index contributed by atoms with van der Waals surface area (Å²) in [7, 11) is -4.98. The van der Waals surface area contributed by atoms with Crippen molar-refractivity contribution in [3.05, 3.63) is 41.8 Å². The van der Waals surface area contributed by atoms with Crippen molar-refractivity contribution in [1.82, 2.24) is 0 Å². The smallest absolute Gasteiger partial charge is 0.264 e. The first-order chi connectivity index (χ1) is 7.40. The lowest BCUT2D eigenvalue weighted by Gasteiger charge is -2.05. The van der Waals surface area contributed by atoms with Crippen molar-refractivity contribution < 1.29 is 16.8 Å². The summed E-state index contributed by atoms with van der Waals surface area (Å²) < 4.78 is 37.8. The Morgan fingerprint density at radius 2 is 1.94 bits per heavy atom. The van der Waals surface area contributed by atoms with Crippen molar-refractivity contribution in [2.24, 2.45) is 0 Å². The lowest BCUT2D eigenvalue weighted by molar-refractivity contribution is 0.359. The molecule has 0 saturated carbocycles. The first-order valence-corrected chi connectivity index (χ1v) is 7.36. The molecule has 0 saturated heterocycles. The van der Waals surface area contributed by atoms with Crippen molar-refractivity contribution >= 4 is 20.9 Å². The molecule has 1 atom stereocenters. The number of hydrogen-bond acceptors (Lipinski definition) is 4. The molecule has 0 bridgehead atoms. The zero-order valence-electron chi connectivity index (χ0n) is 8.75. The van der Waals surface area contributed by atoms with Gasteiger partial charge in [-0.3, -0.25) is 4.18 Å². The third kappa shape index (κ3) is 4.26. The summed E-state index contributed by atoms with van der Waals surface area (Å²) in [4.78, 5) is 0.793. The van der Waals surface area contributed by atoms with Crippen LogP contribution in [0.3, 0.4) is 0 Å². The fourth-order valence-corrected chi connectivity index (χ4v) is 2.27. The molecule has 0 fully saturated rings. The van der Waals surface area contributed by atoms with E-state index in [-0.39, 0.29) is 11.5 Å². The Morgan fingerprint density at radius 1 is 1.38 bits per heavy atom. The second-order valence-electron chi connectivity index (χ2n) is 3.09. The maximum atomic E-state index is 11.8. The van der Waals surface area contributed by atoms with Crippen LogP contribution in [0.25, 0.3) is 0 Å². The van der Waals surface area contributed by atoms with Crippen molar-refractivity contribution in [3.63, 3.8) is 0 Å². The van der Waals surface area contributed by atoms with E-state index in [1.54, 1.807) is 30.3 Å². The molecule has 0 amide bonds. The summed E-state index contributed by atoms with van der Waals surface area (Å²) in [6.07, 6.45) is 0.936. The van der Waals surface area contributed by atoms with Gasteiger partial charge >= 0.3 is 0 Å². The highest BCUT2D eigenvalue weighted by Crippen LogP contribution is 2.13. The molecule has 16 heavy (non-hydrogen) atoms. The third-order valence-corrected chi connectivity index (χ3v) is 3.54. The molecule has 0 spiro atoms. The maximum Gasteiger partial charge on any atom is 0.264 e. The zero-order valence-corrected chi connectivity index (χ0v) is 10.4. The Morgan fingerprint density at radius 3 is 2.44 bits per heavy atom. The van der Waals surface area contributed by atoms with Gasteiger partial charge in [-0.2, -0.15) is 8.42 Å². The van der Waals surface area contributed by atoms with Crippen LogP contribution in [0, 0.1) is 0 Å². The van der Waals surface area contributed by atoms with Gasteiger partial charge in [-0.15, -0.1) is 0 Å². The maximum absolute atomic E-state index is 11.8. The minimum absolute atomic E-state index is 0.219. The summed E-state index contributed by atoms with van der Waals surface area (Å²) in [5.41, 5.74) is 0. The van der Waals surface area contributed by atoms with Crippen LogP contribution in [0.15, 0.2) is 46.7 Å². The lowest BCUT2D eigenvalue weighted by Crippen LogP contribution is -2.08. The molecule has 0 aromatic heterocycles. The van der Waals surface area contributed by atoms with E-state index in [0.717, 1.165) is 6.26 Å². The standard InChI is InChI=1S/C10H12O4S2/c1-9(8-14-16(2,12)13)15(11)10-6-4-3-5-7-10/h3-7H,1,8H2,2H3/t15-/m1/s1. The molecule has 1 aromatic carbocycles. The van der Waals surface area contributed by atoms with Gasteiger partial charge in [0, 0.05) is 9.80 Å². The van der Waals surface area contributed by atoms with Crippen LogP contribution in [-0.4, -0.2) is 25.5 Å². The van der Waals surface area contributed by atoms with Crippen molar-refractivity contribution in [1.29, 1.82) is 0 Å². The second kappa shape index (κ2) is 5.38. The van der Waals surface area contributed by atoms with Gasteiger partial charge in [0.25, 0.3) is 10.1 Å². The van der Waals surface area contributed by atoms with Crippen molar-refractivity contribution in [3.8, 4) is 0 Å². The Labute approximate surface area is 97.5 Å². The molecule has 6 heteroatoms. The summed E-state index contributed by atoms with van der Waals surface area (Å²) in [6.45, 7) is 3.28. The number of rotatable bonds is 5. The van der Waals surface area contributed by atoms with Gasteiger partial charge in [0.2, 0.25) is 0 Å². The van der Waals surface area contributed by atoms with Gasteiger partial charge in [0.1, 0.15) is 0 Å². The molecular weight excluding hydrogens is 248 g/mol. The summed E-state index contributed by atoms with van der Waals surface area (Å²) >= 11 is 0. The zero-order chi connectivity index (χ0) is 12.2. The average molecular weight is 260 g/mol. The minimum Gasteiger partial charge on any atom is -0.265 e. The van der Waals surface area contributed by atoms with E-state index in [4.69, 9.17) is 0 Å². The molecule has 1 aromatic rings. The van der Waals surface area contributed by atoms with Gasteiger partial charge in [0.15, 0.2) is 0 Å². The number of hydrogen-bond donors (Lipinski definition) is 0. The van der Waals surface area contributed by atoms with Crippen LogP contribution in [0.2, 0.25) is 0 Å². The van der Waals surface area contributed by atoms with E-state index < -0.39 is 20.9 Å². The van der Waals surface area contributed by atoms with Crippen LogP contribution >= 0.6 is 0 Å². The van der Waals surface area contributed by atoms with E-state index in [1.807, 2.05) is 0 Å². The summed E-state index contributed by atoms with van der Waals surface area (Å²) in [6, 6.07) is 8.66. The fraction of sp³-hybridized carbons (Fsp3) is 0.200. The largest absolute Gasteiger partial charge is 0.265 e. The predicted molar refractivity (Wildman–Crippen MR) is 62.8 cm³/mol. The SMILES string of the molecule is C=C(COS(C)(=O)=O)[S@@](=O)c1ccccc1. The van der Waals surface area contributed by atoms with Crippen LogP contribution < -0.4 is 0 Å². The van der Waals surface area contributed by atoms with E-state index in [1.165, 1.54) is 0 Å². The van der Waals surface area contributed by atoms with Gasteiger partial charge in [-0.25, -0.2) is 4.21 Å². The van der Waals surface area contributed by atoms with E-state index in [2.05, 4.69) is 10.8 Å². The highest BCUT2D eigenvalue weighted by atomic mass is 32.2. The molecule has 0 radical (unpaired) electrons. The normalized spacial score (nSPS) is 13.3. The highest BCUT2D eigenvalue weighted by molar-refractivity contribution is 7.89. The van der Waals surface area contributed by atoms with E-state index in [9.17, 15) is 12.6 Å². The van der Waals surface area contributed by atoms with Gasteiger partial charge in [-0.1, -0.05) is 24.8 Å². The first kappa shape index (κ1) is 13.1. The van der Waals surface area contributed by atoms with E-state index in [0.29, 0.717) is 4.90 Å². The van der Waals surface area contributed by atoms with Gasteiger partial charge in [-0.05, 0) is 12.1 Å². The number of benzene rings is 1. The quantitative estimate of drug-likeness (QED) is 0.748. The molecule has 1 rings (SSSR count). The van der Waals surface area contributed by atoms with Crippen LogP contribution in [0.1, 0.15) is 0 Å². The van der Waals surface area contributed by atoms with Crippen LogP contribution in [0.5, 0.6) is 0 Å². The molecule has 0 heterocycles. The molecule has 0 N–H and O–H groups in total. The Hall–Kier alpha value is -0.980. The Bertz CT molecular complexity index is 491. The molecular formula is C10H12O4S2. The van der Waals surface area contributed by atoms with E-state index >= 15 is 0 Å². The van der Waals surface area contributed by atoms with Crippen molar-refractivity contribution in [2.45, 2.75) is 4.90 Å². The summed E-state index contributed by atoms with van der Waals surface area (Å²) in [5.74, 6) is 0. The third-order valence-electron chi connectivity index (χ3n) is 1.65. The first-order valence-electron chi connectivity index (χ1n) is 4.39.